The van der Waals surface area contributed by atoms with E-state index in [4.69, 9.17) is 23.9 Å². The lowest BCUT2D eigenvalue weighted by atomic mass is 9.97. The number of carbonyl (C=O) groups is 3. The Morgan fingerprint density at radius 2 is 1.66 bits per heavy atom. The molecule has 0 saturated carbocycles. The zero-order valence-corrected chi connectivity index (χ0v) is 30.9. The number of anilines is 1. The molecule has 2 aliphatic heterocycles. The van der Waals surface area contributed by atoms with Gasteiger partial charge in [-0.2, -0.15) is 0 Å². The molecule has 2 bridgehead atoms. The molecule has 0 aliphatic carbocycles. The van der Waals surface area contributed by atoms with Crippen LogP contribution < -0.4 is 24.4 Å². The summed E-state index contributed by atoms with van der Waals surface area (Å²) >= 11 is 0. The molecule has 2 aliphatic rings. The van der Waals surface area contributed by atoms with Gasteiger partial charge in [-0.3, -0.25) is 19.0 Å². The molecule has 4 heterocycles. The van der Waals surface area contributed by atoms with Gasteiger partial charge < -0.3 is 39.0 Å². The second-order valence-electron chi connectivity index (χ2n) is 13.4. The van der Waals surface area contributed by atoms with Crippen molar-refractivity contribution in [1.82, 2.24) is 34.9 Å². The third-order valence-electron chi connectivity index (χ3n) is 9.86. The van der Waals surface area contributed by atoms with Crippen molar-refractivity contribution in [2.24, 2.45) is 5.92 Å². The van der Waals surface area contributed by atoms with E-state index in [0.717, 1.165) is 41.8 Å². The number of nitrogens with one attached hydrogen (secondary N) is 1. The first kappa shape index (κ1) is 37.3. The van der Waals surface area contributed by atoms with Gasteiger partial charge in [-0.05, 0) is 55.9 Å². The van der Waals surface area contributed by atoms with E-state index in [2.05, 4.69) is 20.4 Å². The van der Waals surface area contributed by atoms with Crippen LogP contribution in [0, 0.1) is 5.92 Å². The van der Waals surface area contributed by atoms with Crippen LogP contribution in [0.4, 0.5) is 5.82 Å². The van der Waals surface area contributed by atoms with Gasteiger partial charge in [0.2, 0.25) is 17.6 Å². The van der Waals surface area contributed by atoms with Gasteiger partial charge in [0.15, 0.2) is 11.5 Å². The summed E-state index contributed by atoms with van der Waals surface area (Å²) in [6.07, 6.45) is 6.36. The van der Waals surface area contributed by atoms with E-state index >= 15 is 0 Å². The fraction of sp³-hybridized carbons (Fsp3) is 0.474. The van der Waals surface area contributed by atoms with Crippen LogP contribution in [0.3, 0.4) is 0 Å². The molecule has 282 valence electrons. The summed E-state index contributed by atoms with van der Waals surface area (Å²) in [7, 11) is 6.28. The maximum atomic E-state index is 14.5. The molecule has 1 atom stereocenters. The summed E-state index contributed by atoms with van der Waals surface area (Å²) < 4.78 is 24.2. The number of aromatic nitrogens is 4. The number of fused-ring (bicyclic) bond motifs is 5. The van der Waals surface area contributed by atoms with Gasteiger partial charge >= 0.3 is 0 Å². The van der Waals surface area contributed by atoms with Crippen LogP contribution in [0.5, 0.6) is 17.2 Å². The number of pyridine rings is 1. The molecule has 4 aromatic rings. The molecule has 15 nitrogen and oxygen atoms in total. The van der Waals surface area contributed by atoms with Crippen molar-refractivity contribution in [1.29, 1.82) is 0 Å². The molecule has 1 N–H and O–H groups in total. The number of ether oxygens (including phenoxy) is 4. The number of rotatable bonds is 8. The van der Waals surface area contributed by atoms with Gasteiger partial charge in [-0.15, -0.1) is 10.2 Å². The monoisotopic (exact) mass is 728 g/mol. The predicted molar refractivity (Wildman–Crippen MR) is 198 cm³/mol. The van der Waals surface area contributed by atoms with Crippen LogP contribution in [0.2, 0.25) is 0 Å². The minimum absolute atomic E-state index is 0.0268. The van der Waals surface area contributed by atoms with Crippen LogP contribution in [0.1, 0.15) is 48.0 Å². The number of benzene rings is 2. The average Bonchev–Trinajstić information content (AvgIpc) is 3.74. The molecule has 15 heteroatoms. The van der Waals surface area contributed by atoms with Gasteiger partial charge in [-0.1, -0.05) is 6.07 Å². The highest BCUT2D eigenvalue weighted by atomic mass is 16.5. The summed E-state index contributed by atoms with van der Waals surface area (Å²) in [6.45, 7) is 3.17. The molecule has 2 aromatic carbocycles. The third-order valence-corrected chi connectivity index (χ3v) is 9.86. The number of hydrogen-bond donors (Lipinski definition) is 1. The van der Waals surface area contributed by atoms with Crippen LogP contribution in [-0.4, -0.2) is 122 Å². The molecular weight excluding hydrogens is 680 g/mol. The highest BCUT2D eigenvalue weighted by molar-refractivity contribution is 5.95. The summed E-state index contributed by atoms with van der Waals surface area (Å²) in [5, 5.41) is 11.7. The second kappa shape index (κ2) is 17.4. The van der Waals surface area contributed by atoms with Crippen molar-refractivity contribution in [2.45, 2.75) is 38.6 Å². The maximum Gasteiger partial charge on any atom is 0.254 e. The van der Waals surface area contributed by atoms with Crippen molar-refractivity contribution in [3.8, 4) is 22.9 Å². The Morgan fingerprint density at radius 1 is 0.887 bits per heavy atom. The number of carbonyl (C=O) groups excluding carboxylic acids is 3. The Hall–Kier alpha value is -5.44. The highest BCUT2D eigenvalue weighted by Gasteiger charge is 2.28. The topological polar surface area (TPSA) is 153 Å². The lowest BCUT2D eigenvalue weighted by molar-refractivity contribution is -0.136. The third kappa shape index (κ3) is 8.62. The number of amides is 3. The van der Waals surface area contributed by atoms with E-state index in [9.17, 15) is 14.4 Å². The number of piperidine rings is 1. The van der Waals surface area contributed by atoms with E-state index in [1.807, 2.05) is 35.2 Å². The fourth-order valence-electron chi connectivity index (χ4n) is 7.14. The van der Waals surface area contributed by atoms with Gasteiger partial charge in [0.25, 0.3) is 5.91 Å². The Labute approximate surface area is 309 Å². The smallest absolute Gasteiger partial charge is 0.254 e. The Balaban J connectivity index is 1.43. The van der Waals surface area contributed by atoms with E-state index in [0.29, 0.717) is 67.3 Å². The quantitative estimate of drug-likeness (QED) is 0.284. The van der Waals surface area contributed by atoms with Crippen LogP contribution in [0.15, 0.2) is 49.1 Å². The van der Waals surface area contributed by atoms with Crippen molar-refractivity contribution >= 4 is 34.4 Å². The summed E-state index contributed by atoms with van der Waals surface area (Å²) in [5.74, 6) is 1.87. The first-order valence-corrected chi connectivity index (χ1v) is 18.0. The standard InChI is InChI=1S/C38H48N8O7/c1-50-16-12-34(48)43-13-5-6-14-45(38(49)27-10-7-11-29(17-27)46-24-40-41-25-46)22-28-18-30-31(19-32(51-2)36(53-4)35(30)52-3)42-37(28)44-15-8-9-26(21-44)20-39-33(47)23-43/h7,10-11,17-19,24-26H,5-6,8-9,12-16,20-23H2,1-4H3,(H,39,47). The molecule has 0 spiro atoms. The Morgan fingerprint density at radius 3 is 2.40 bits per heavy atom. The van der Waals surface area contributed by atoms with Crippen LogP contribution in [-0.2, 0) is 20.9 Å². The average molecular weight is 729 g/mol. The largest absolute Gasteiger partial charge is 0.493 e. The molecule has 53 heavy (non-hydrogen) atoms. The minimum atomic E-state index is -0.192. The first-order valence-electron chi connectivity index (χ1n) is 18.0. The van der Waals surface area contributed by atoms with Crippen molar-refractivity contribution < 1.29 is 33.3 Å². The predicted octanol–water partition coefficient (Wildman–Crippen LogP) is 3.48. The molecule has 1 fully saturated rings. The number of hydrogen-bond acceptors (Lipinski definition) is 11. The lowest BCUT2D eigenvalue weighted by Gasteiger charge is -2.36. The molecule has 3 amide bonds. The van der Waals surface area contributed by atoms with Crippen LogP contribution >= 0.6 is 0 Å². The van der Waals surface area contributed by atoms with E-state index < -0.39 is 0 Å². The summed E-state index contributed by atoms with van der Waals surface area (Å²) in [6, 6.07) is 11.3. The zero-order chi connectivity index (χ0) is 37.3. The van der Waals surface area contributed by atoms with E-state index in [1.165, 1.54) is 0 Å². The fourth-order valence-corrected chi connectivity index (χ4v) is 7.14. The molecule has 1 saturated heterocycles. The van der Waals surface area contributed by atoms with Crippen molar-refractivity contribution in [3.05, 3.63) is 60.2 Å². The highest BCUT2D eigenvalue weighted by Crippen LogP contribution is 2.44. The molecule has 2 aromatic heterocycles. The first-order chi connectivity index (χ1) is 25.8. The summed E-state index contributed by atoms with van der Waals surface area (Å²) in [4.78, 5) is 51.8. The second-order valence-corrected chi connectivity index (χ2v) is 13.4. The number of nitrogens with zero attached hydrogens (tertiary/aromatic N) is 7. The van der Waals surface area contributed by atoms with E-state index in [1.54, 1.807) is 56.6 Å². The SMILES string of the molecule is COCCC(=O)N1CCCCN(C(=O)c2cccc(-n3cnnc3)c2)Cc2cc3c(OC)c(OC)c(OC)cc3nc2N2CCCC(CNC(=O)C1)C2. The van der Waals surface area contributed by atoms with Gasteiger partial charge in [-0.25, -0.2) is 4.98 Å². The normalized spacial score (nSPS) is 17.2. The zero-order valence-electron chi connectivity index (χ0n) is 30.9. The van der Waals surface area contributed by atoms with Crippen molar-refractivity contribution in [3.63, 3.8) is 0 Å². The molecule has 6 rings (SSSR count). The Kier molecular flexibility index (Phi) is 12.2. The lowest BCUT2D eigenvalue weighted by Crippen LogP contribution is -2.46. The maximum absolute atomic E-state index is 14.5. The Bertz CT molecular complexity index is 1900. The molecule has 1 unspecified atom stereocenters. The molecular formula is C38H48N8O7. The van der Waals surface area contributed by atoms with Gasteiger partial charge in [0, 0.05) is 74.6 Å². The van der Waals surface area contributed by atoms with Gasteiger partial charge in [0.05, 0.1) is 46.4 Å². The molecule has 0 radical (unpaired) electrons. The number of methoxy groups -OCH3 is 4. The summed E-state index contributed by atoms with van der Waals surface area (Å²) in [5.41, 5.74) is 2.79. The van der Waals surface area contributed by atoms with E-state index in [-0.39, 0.29) is 49.8 Å². The van der Waals surface area contributed by atoms with Gasteiger partial charge in [0.1, 0.15) is 18.5 Å². The van der Waals surface area contributed by atoms with Crippen LogP contribution in [0.25, 0.3) is 16.6 Å². The minimum Gasteiger partial charge on any atom is -0.493 e. The van der Waals surface area contributed by atoms with Crippen molar-refractivity contribution in [2.75, 3.05) is 79.2 Å².